The molecule has 0 bridgehead atoms. The third-order valence-corrected chi connectivity index (χ3v) is 4.99. The van der Waals surface area contributed by atoms with Crippen molar-refractivity contribution in [3.8, 4) is 0 Å². The largest absolute Gasteiger partial charge is 0.346 e. The molecule has 0 amide bonds. The lowest BCUT2D eigenvalue weighted by Crippen LogP contribution is -2.32. The van der Waals surface area contributed by atoms with Crippen molar-refractivity contribution in [3.63, 3.8) is 0 Å². The summed E-state index contributed by atoms with van der Waals surface area (Å²) >= 11 is 3.65. The Bertz CT molecular complexity index is 555. The standard InChI is InChI=1S/C17H23BrN2/c18-16-13-20(17-10-5-4-9-15(16)17)12-6-11-19-14-7-2-1-3-8-14/h4-5,9-10,13-14,19H,1-3,6-8,11-12H2. The molecule has 1 saturated carbocycles. The topological polar surface area (TPSA) is 17.0 Å². The molecular formula is C17H23BrN2. The first-order valence-electron chi connectivity index (χ1n) is 7.81. The summed E-state index contributed by atoms with van der Waals surface area (Å²) in [6.45, 7) is 2.22. The average Bonchev–Trinajstić information content (AvgIpc) is 2.82. The molecule has 0 radical (unpaired) electrons. The Morgan fingerprint density at radius 1 is 1.15 bits per heavy atom. The summed E-state index contributed by atoms with van der Waals surface area (Å²) in [5.74, 6) is 0. The van der Waals surface area contributed by atoms with E-state index in [1.807, 2.05) is 0 Å². The molecule has 1 aromatic carbocycles. The number of halogens is 1. The fourth-order valence-corrected chi connectivity index (χ4v) is 3.83. The monoisotopic (exact) mass is 334 g/mol. The summed E-state index contributed by atoms with van der Waals surface area (Å²) in [5.41, 5.74) is 1.33. The summed E-state index contributed by atoms with van der Waals surface area (Å²) in [6.07, 6.45) is 10.4. The normalized spacial score (nSPS) is 16.9. The molecule has 2 aromatic rings. The van der Waals surface area contributed by atoms with Gasteiger partial charge in [-0.1, -0.05) is 37.5 Å². The minimum absolute atomic E-state index is 0.775. The predicted octanol–water partition coefficient (Wildman–Crippen LogP) is 4.72. The molecule has 3 rings (SSSR count). The van der Waals surface area contributed by atoms with Crippen molar-refractivity contribution in [2.24, 2.45) is 0 Å². The van der Waals surface area contributed by atoms with E-state index in [-0.39, 0.29) is 0 Å². The third-order valence-electron chi connectivity index (χ3n) is 4.35. The first-order valence-corrected chi connectivity index (χ1v) is 8.60. The zero-order valence-electron chi connectivity index (χ0n) is 11.9. The number of hydrogen-bond donors (Lipinski definition) is 1. The van der Waals surface area contributed by atoms with Gasteiger partial charge in [0.2, 0.25) is 0 Å². The summed E-state index contributed by atoms with van der Waals surface area (Å²) < 4.78 is 3.57. The van der Waals surface area contributed by atoms with Crippen molar-refractivity contribution in [2.75, 3.05) is 6.54 Å². The molecule has 2 nitrogen and oxygen atoms in total. The number of rotatable bonds is 5. The van der Waals surface area contributed by atoms with Gasteiger partial charge in [-0.15, -0.1) is 0 Å². The molecule has 20 heavy (non-hydrogen) atoms. The number of nitrogens with zero attached hydrogens (tertiary/aromatic N) is 1. The zero-order valence-corrected chi connectivity index (χ0v) is 13.5. The Morgan fingerprint density at radius 3 is 2.80 bits per heavy atom. The van der Waals surface area contributed by atoms with Gasteiger partial charge >= 0.3 is 0 Å². The van der Waals surface area contributed by atoms with Crippen LogP contribution in [0.5, 0.6) is 0 Å². The molecule has 0 atom stereocenters. The predicted molar refractivity (Wildman–Crippen MR) is 89.1 cm³/mol. The van der Waals surface area contributed by atoms with Gasteiger partial charge in [-0.3, -0.25) is 0 Å². The van der Waals surface area contributed by atoms with Crippen molar-refractivity contribution in [1.82, 2.24) is 9.88 Å². The fourth-order valence-electron chi connectivity index (χ4n) is 3.25. The maximum Gasteiger partial charge on any atom is 0.0492 e. The van der Waals surface area contributed by atoms with Gasteiger partial charge in [0, 0.05) is 34.2 Å². The van der Waals surface area contributed by atoms with E-state index in [1.165, 1.54) is 53.9 Å². The minimum atomic E-state index is 0.775. The fraction of sp³-hybridized carbons (Fsp3) is 0.529. The second kappa shape index (κ2) is 6.77. The van der Waals surface area contributed by atoms with Crippen LogP contribution < -0.4 is 5.32 Å². The Balaban J connectivity index is 1.52. The Kier molecular flexibility index (Phi) is 4.79. The summed E-state index contributed by atoms with van der Waals surface area (Å²) in [4.78, 5) is 0. The molecule has 1 heterocycles. The highest BCUT2D eigenvalue weighted by molar-refractivity contribution is 9.10. The molecule has 0 aliphatic heterocycles. The van der Waals surface area contributed by atoms with Crippen LogP contribution in [0.2, 0.25) is 0 Å². The maximum absolute atomic E-state index is 3.72. The van der Waals surface area contributed by atoms with E-state index in [9.17, 15) is 0 Å². The van der Waals surface area contributed by atoms with Crippen LogP contribution in [0.4, 0.5) is 0 Å². The van der Waals surface area contributed by atoms with Crippen LogP contribution in [0.25, 0.3) is 10.9 Å². The van der Waals surface area contributed by atoms with Crippen LogP contribution in [0.3, 0.4) is 0 Å². The summed E-state index contributed by atoms with van der Waals surface area (Å²) in [6, 6.07) is 9.37. The molecule has 0 saturated heterocycles. The van der Waals surface area contributed by atoms with Crippen LogP contribution in [-0.4, -0.2) is 17.2 Å². The molecule has 1 aromatic heterocycles. The zero-order chi connectivity index (χ0) is 13.8. The van der Waals surface area contributed by atoms with Crippen LogP contribution in [0.1, 0.15) is 38.5 Å². The highest BCUT2D eigenvalue weighted by Gasteiger charge is 2.12. The van der Waals surface area contributed by atoms with E-state index in [1.54, 1.807) is 0 Å². The lowest BCUT2D eigenvalue weighted by molar-refractivity contribution is 0.369. The van der Waals surface area contributed by atoms with Crippen molar-refractivity contribution >= 4 is 26.8 Å². The van der Waals surface area contributed by atoms with Gasteiger partial charge in [0.1, 0.15) is 0 Å². The summed E-state index contributed by atoms with van der Waals surface area (Å²) in [5, 5.41) is 5.03. The molecule has 0 spiro atoms. The highest BCUT2D eigenvalue weighted by Crippen LogP contribution is 2.26. The van der Waals surface area contributed by atoms with Gasteiger partial charge in [-0.05, 0) is 47.8 Å². The minimum Gasteiger partial charge on any atom is -0.346 e. The average molecular weight is 335 g/mol. The lowest BCUT2D eigenvalue weighted by Gasteiger charge is -2.22. The van der Waals surface area contributed by atoms with E-state index in [4.69, 9.17) is 0 Å². The number of nitrogens with one attached hydrogen (secondary N) is 1. The molecule has 1 aliphatic carbocycles. The van der Waals surface area contributed by atoms with E-state index < -0.39 is 0 Å². The molecule has 108 valence electrons. The maximum atomic E-state index is 3.72. The van der Waals surface area contributed by atoms with Crippen LogP contribution >= 0.6 is 15.9 Å². The smallest absolute Gasteiger partial charge is 0.0492 e. The number of aryl methyl sites for hydroxylation is 1. The van der Waals surface area contributed by atoms with E-state index in [0.29, 0.717) is 0 Å². The van der Waals surface area contributed by atoms with Gasteiger partial charge in [-0.25, -0.2) is 0 Å². The van der Waals surface area contributed by atoms with E-state index in [2.05, 4.69) is 56.3 Å². The van der Waals surface area contributed by atoms with Gasteiger partial charge in [0.05, 0.1) is 0 Å². The number of para-hydroxylation sites is 1. The lowest BCUT2D eigenvalue weighted by atomic mass is 9.95. The highest BCUT2D eigenvalue weighted by atomic mass is 79.9. The molecule has 3 heteroatoms. The van der Waals surface area contributed by atoms with Gasteiger partial charge in [0.15, 0.2) is 0 Å². The molecular weight excluding hydrogens is 312 g/mol. The van der Waals surface area contributed by atoms with Crippen LogP contribution in [0, 0.1) is 0 Å². The van der Waals surface area contributed by atoms with Crippen molar-refractivity contribution < 1.29 is 0 Å². The van der Waals surface area contributed by atoms with Gasteiger partial charge in [-0.2, -0.15) is 0 Å². The van der Waals surface area contributed by atoms with E-state index in [0.717, 1.165) is 19.1 Å². The number of benzene rings is 1. The Hall–Kier alpha value is -0.800. The second-order valence-electron chi connectivity index (χ2n) is 5.83. The number of aromatic nitrogens is 1. The van der Waals surface area contributed by atoms with E-state index >= 15 is 0 Å². The third kappa shape index (κ3) is 3.26. The first-order chi connectivity index (χ1) is 9.84. The molecule has 0 unspecified atom stereocenters. The van der Waals surface area contributed by atoms with Crippen molar-refractivity contribution in [2.45, 2.75) is 51.1 Å². The van der Waals surface area contributed by atoms with Crippen molar-refractivity contribution in [3.05, 3.63) is 34.9 Å². The number of hydrogen-bond acceptors (Lipinski definition) is 1. The van der Waals surface area contributed by atoms with Crippen molar-refractivity contribution in [1.29, 1.82) is 0 Å². The molecule has 1 fully saturated rings. The quantitative estimate of drug-likeness (QED) is 0.783. The summed E-state index contributed by atoms with van der Waals surface area (Å²) in [7, 11) is 0. The van der Waals surface area contributed by atoms with Gasteiger partial charge < -0.3 is 9.88 Å². The molecule has 1 N–H and O–H groups in total. The second-order valence-corrected chi connectivity index (χ2v) is 6.68. The Morgan fingerprint density at radius 2 is 1.95 bits per heavy atom. The molecule has 1 aliphatic rings. The Labute approximate surface area is 129 Å². The first kappa shape index (κ1) is 14.2. The SMILES string of the molecule is Brc1cn(CCCNC2CCCCC2)c2ccccc12. The number of fused-ring (bicyclic) bond motifs is 1. The van der Waals surface area contributed by atoms with Crippen LogP contribution in [0.15, 0.2) is 34.9 Å². The van der Waals surface area contributed by atoms with Crippen LogP contribution in [-0.2, 0) is 6.54 Å². The van der Waals surface area contributed by atoms with Gasteiger partial charge in [0.25, 0.3) is 0 Å².